The molecule has 0 radical (unpaired) electrons. The maximum atomic E-state index is 12.7. The lowest BCUT2D eigenvalue weighted by Crippen LogP contribution is -2.58. The highest BCUT2D eigenvalue weighted by atomic mass is 32.1. The fraction of sp³-hybridized carbons (Fsp3) is 0.381. The number of primary amides is 1. The molecule has 4 unspecified atom stereocenters. The number of hydrogen-bond acceptors (Lipinski definition) is 8. The predicted molar refractivity (Wildman–Crippen MR) is 135 cm³/mol. The Hall–Kier alpha value is -3.23. The summed E-state index contributed by atoms with van der Waals surface area (Å²) in [4.78, 5) is 63.5. The van der Waals surface area contributed by atoms with Crippen molar-refractivity contribution >= 4 is 65.8 Å². The number of para-hydroxylation sites is 1. The van der Waals surface area contributed by atoms with Crippen molar-refractivity contribution in [2.24, 2.45) is 11.5 Å². The van der Waals surface area contributed by atoms with E-state index in [1.54, 1.807) is 6.20 Å². The third-order valence-electron chi connectivity index (χ3n) is 5.10. The molecule has 1 heterocycles. The van der Waals surface area contributed by atoms with Gasteiger partial charge < -0.3 is 37.5 Å². The summed E-state index contributed by atoms with van der Waals surface area (Å²) in [5, 5.41) is 16.9. The van der Waals surface area contributed by atoms with Gasteiger partial charge in [0.05, 0.1) is 12.5 Å². The third-order valence-corrected chi connectivity index (χ3v) is 5.83. The summed E-state index contributed by atoms with van der Waals surface area (Å²) in [6, 6.07) is 2.52. The Bertz CT molecular complexity index is 1090. The summed E-state index contributed by atoms with van der Waals surface area (Å²) in [5.74, 6) is -5.01. The number of hydrogen-bond donors (Lipinski definition) is 9. The number of H-pyrrole nitrogens is 1. The Labute approximate surface area is 211 Å². The van der Waals surface area contributed by atoms with Gasteiger partial charge >= 0.3 is 5.97 Å². The minimum Gasteiger partial charge on any atom is -0.480 e. The quantitative estimate of drug-likeness (QED) is 0.139. The lowest BCUT2D eigenvalue weighted by molar-refractivity contribution is -0.141. The molecular formula is C21H28N6O6S2. The van der Waals surface area contributed by atoms with Crippen molar-refractivity contribution in [3.8, 4) is 0 Å². The van der Waals surface area contributed by atoms with Crippen molar-refractivity contribution < 1.29 is 29.1 Å². The van der Waals surface area contributed by atoms with E-state index in [9.17, 15) is 24.0 Å². The molecule has 0 aliphatic heterocycles. The number of fused-ring (bicyclic) bond motifs is 1. The molecule has 12 nitrogen and oxygen atoms in total. The number of nitrogens with two attached hydrogens (primary N) is 2. The van der Waals surface area contributed by atoms with Gasteiger partial charge in [-0.05, 0) is 18.1 Å². The van der Waals surface area contributed by atoms with Crippen LogP contribution in [0.2, 0.25) is 0 Å². The highest BCUT2D eigenvalue weighted by molar-refractivity contribution is 7.80. The minimum absolute atomic E-state index is 0.142. The lowest BCUT2D eigenvalue weighted by atomic mass is 10.0. The first-order valence-electron chi connectivity index (χ1n) is 10.5. The van der Waals surface area contributed by atoms with Crippen LogP contribution in [0.15, 0.2) is 30.5 Å². The summed E-state index contributed by atoms with van der Waals surface area (Å²) in [7, 11) is 0. The minimum atomic E-state index is -1.47. The lowest BCUT2D eigenvalue weighted by Gasteiger charge is -2.23. The summed E-state index contributed by atoms with van der Waals surface area (Å²) in [6.45, 7) is 0. The maximum absolute atomic E-state index is 12.7. The molecule has 0 fully saturated rings. The van der Waals surface area contributed by atoms with Gasteiger partial charge in [0.25, 0.3) is 0 Å². The zero-order valence-electron chi connectivity index (χ0n) is 18.6. The summed E-state index contributed by atoms with van der Waals surface area (Å²) >= 11 is 7.92. The van der Waals surface area contributed by atoms with Crippen LogP contribution in [0.5, 0.6) is 0 Å². The summed E-state index contributed by atoms with van der Waals surface area (Å²) in [6.07, 6.45) is 1.36. The molecule has 1 aromatic carbocycles. The van der Waals surface area contributed by atoms with Gasteiger partial charge in [0.2, 0.25) is 23.6 Å². The van der Waals surface area contributed by atoms with Crippen molar-refractivity contribution in [2.45, 2.75) is 37.0 Å². The van der Waals surface area contributed by atoms with Crippen molar-refractivity contribution in [1.29, 1.82) is 0 Å². The second kappa shape index (κ2) is 13.0. The Morgan fingerprint density at radius 2 is 1.49 bits per heavy atom. The number of carboxylic acids is 1. The Balaban J connectivity index is 2.04. The Morgan fingerprint density at radius 3 is 2.09 bits per heavy atom. The molecule has 0 spiro atoms. The number of thiol groups is 2. The van der Waals surface area contributed by atoms with Crippen LogP contribution in [0.3, 0.4) is 0 Å². The molecule has 14 heteroatoms. The fourth-order valence-corrected chi connectivity index (χ4v) is 3.75. The van der Waals surface area contributed by atoms with E-state index in [4.69, 9.17) is 16.6 Å². The maximum Gasteiger partial charge on any atom is 0.327 e. The van der Waals surface area contributed by atoms with Gasteiger partial charge in [-0.2, -0.15) is 25.3 Å². The normalized spacial score (nSPS) is 14.4. The topological polar surface area (TPSA) is 209 Å². The highest BCUT2D eigenvalue weighted by Crippen LogP contribution is 2.18. The van der Waals surface area contributed by atoms with E-state index in [2.05, 4.69) is 46.2 Å². The molecule has 0 bridgehead atoms. The van der Waals surface area contributed by atoms with Gasteiger partial charge in [0, 0.05) is 28.6 Å². The number of amides is 4. The molecule has 2 aromatic rings. The number of aromatic nitrogens is 1. The smallest absolute Gasteiger partial charge is 0.327 e. The van der Waals surface area contributed by atoms with Gasteiger partial charge in [-0.3, -0.25) is 19.2 Å². The number of benzene rings is 1. The van der Waals surface area contributed by atoms with Crippen LogP contribution >= 0.6 is 25.3 Å². The monoisotopic (exact) mass is 524 g/mol. The van der Waals surface area contributed by atoms with Crippen LogP contribution in [0.4, 0.5) is 0 Å². The largest absolute Gasteiger partial charge is 0.480 e. The van der Waals surface area contributed by atoms with Gasteiger partial charge in [-0.25, -0.2) is 4.79 Å². The van der Waals surface area contributed by atoms with Crippen molar-refractivity contribution in [1.82, 2.24) is 20.9 Å². The van der Waals surface area contributed by atoms with Crippen molar-refractivity contribution in [3.05, 3.63) is 36.0 Å². The molecule has 0 saturated carbocycles. The zero-order valence-corrected chi connectivity index (χ0v) is 20.4. The zero-order chi connectivity index (χ0) is 26.1. The number of carboxylic acid groups (broad SMARTS) is 1. The second-order valence-electron chi connectivity index (χ2n) is 7.73. The van der Waals surface area contributed by atoms with E-state index in [1.165, 1.54) is 0 Å². The number of nitrogens with one attached hydrogen (secondary N) is 4. The molecule has 0 aliphatic carbocycles. The summed E-state index contributed by atoms with van der Waals surface area (Å²) < 4.78 is 0. The second-order valence-corrected chi connectivity index (χ2v) is 8.46. The molecule has 9 N–H and O–H groups in total. The van der Waals surface area contributed by atoms with E-state index in [1.807, 2.05) is 24.3 Å². The molecule has 0 saturated heterocycles. The first-order chi connectivity index (χ1) is 16.6. The SMILES string of the molecule is NC(=O)CC(NC(=O)C(CS)NC(=O)C(N)Cc1c[nH]c2ccccc12)C(=O)NC(CS)C(=O)O. The number of carbonyl (C=O) groups is 5. The number of aromatic amines is 1. The highest BCUT2D eigenvalue weighted by Gasteiger charge is 2.30. The van der Waals surface area contributed by atoms with Crippen LogP contribution in [0.1, 0.15) is 12.0 Å². The molecule has 4 amide bonds. The average Bonchev–Trinajstić information content (AvgIpc) is 3.22. The van der Waals surface area contributed by atoms with Crippen LogP contribution in [0, 0.1) is 0 Å². The molecule has 4 atom stereocenters. The van der Waals surface area contributed by atoms with Gasteiger partial charge in [0.1, 0.15) is 18.1 Å². The van der Waals surface area contributed by atoms with E-state index >= 15 is 0 Å². The first kappa shape index (κ1) is 28.0. The summed E-state index contributed by atoms with van der Waals surface area (Å²) in [5.41, 5.74) is 12.9. The molecule has 35 heavy (non-hydrogen) atoms. The van der Waals surface area contributed by atoms with Crippen LogP contribution < -0.4 is 27.4 Å². The van der Waals surface area contributed by atoms with Crippen LogP contribution in [-0.2, 0) is 30.4 Å². The molecule has 0 aliphatic rings. The molecule has 190 valence electrons. The van der Waals surface area contributed by atoms with Crippen molar-refractivity contribution in [3.63, 3.8) is 0 Å². The molecule has 2 rings (SSSR count). The van der Waals surface area contributed by atoms with E-state index < -0.39 is 60.2 Å². The molecule has 1 aromatic heterocycles. The van der Waals surface area contributed by atoms with Gasteiger partial charge in [-0.15, -0.1) is 0 Å². The Kier molecular flexibility index (Phi) is 10.4. The predicted octanol–water partition coefficient (Wildman–Crippen LogP) is -1.69. The number of rotatable bonds is 13. The van der Waals surface area contributed by atoms with E-state index in [0.717, 1.165) is 16.5 Å². The number of carbonyl (C=O) groups excluding carboxylic acids is 4. The van der Waals surface area contributed by atoms with Gasteiger partial charge in [-0.1, -0.05) is 18.2 Å². The van der Waals surface area contributed by atoms with Crippen LogP contribution in [-0.4, -0.2) is 75.4 Å². The Morgan fingerprint density at radius 1 is 0.914 bits per heavy atom. The standard InChI is InChI=1S/C21H28N6O6S2/c22-12(5-10-7-24-13-4-2-1-3-11(10)13)18(29)26-15(8-34)20(31)25-14(6-17(23)28)19(30)27-16(9-35)21(32)33/h1-4,7,12,14-16,24,34-35H,5-6,8-9,22H2,(H2,23,28)(H,25,31)(H,26,29)(H,27,30)(H,32,33). The molecular weight excluding hydrogens is 496 g/mol. The van der Waals surface area contributed by atoms with E-state index in [0.29, 0.717) is 0 Å². The van der Waals surface area contributed by atoms with Crippen molar-refractivity contribution in [2.75, 3.05) is 11.5 Å². The number of aliphatic carboxylic acids is 1. The third kappa shape index (κ3) is 7.90. The average molecular weight is 525 g/mol. The van der Waals surface area contributed by atoms with E-state index in [-0.39, 0.29) is 17.9 Å². The van der Waals surface area contributed by atoms with Gasteiger partial charge in [0.15, 0.2) is 0 Å². The fourth-order valence-electron chi connectivity index (χ4n) is 3.24. The van der Waals surface area contributed by atoms with Crippen LogP contribution in [0.25, 0.3) is 10.9 Å². The first-order valence-corrected chi connectivity index (χ1v) is 11.8.